The Bertz CT molecular complexity index is 276. The van der Waals surface area contributed by atoms with Crippen LogP contribution in [-0.2, 0) is 0 Å². The zero-order valence-corrected chi connectivity index (χ0v) is 8.91. The molecule has 12 heavy (non-hydrogen) atoms. The van der Waals surface area contributed by atoms with E-state index in [4.69, 9.17) is 11.6 Å². The molecule has 0 N–H and O–H groups in total. The fourth-order valence-corrected chi connectivity index (χ4v) is 1.77. The molecular formula is C8H11ClN2S. The van der Waals surface area contributed by atoms with Crippen molar-refractivity contribution in [2.24, 2.45) is 0 Å². The highest BCUT2D eigenvalue weighted by Crippen LogP contribution is 2.26. The summed E-state index contributed by atoms with van der Waals surface area (Å²) in [4.78, 5) is 8.03. The van der Waals surface area contributed by atoms with Crippen LogP contribution in [0.5, 0.6) is 0 Å². The summed E-state index contributed by atoms with van der Waals surface area (Å²) in [5.41, 5.74) is 0.970. The molecule has 0 bridgehead atoms. The minimum atomic E-state index is 0.523. The van der Waals surface area contributed by atoms with Crippen molar-refractivity contribution in [3.63, 3.8) is 0 Å². The van der Waals surface area contributed by atoms with Crippen LogP contribution in [0.4, 0.5) is 0 Å². The maximum Gasteiger partial charge on any atom is 0.136 e. The molecule has 0 saturated carbocycles. The summed E-state index contributed by atoms with van der Waals surface area (Å²) in [6, 6.07) is 0. The van der Waals surface area contributed by atoms with Crippen LogP contribution in [0.25, 0.3) is 0 Å². The van der Waals surface area contributed by atoms with E-state index in [9.17, 15) is 0 Å². The van der Waals surface area contributed by atoms with Gasteiger partial charge < -0.3 is 0 Å². The van der Waals surface area contributed by atoms with Gasteiger partial charge in [0.25, 0.3) is 0 Å². The van der Waals surface area contributed by atoms with Crippen LogP contribution >= 0.6 is 23.4 Å². The van der Waals surface area contributed by atoms with E-state index < -0.39 is 0 Å². The summed E-state index contributed by atoms with van der Waals surface area (Å²) in [5, 5.41) is 2.05. The first-order valence-electron chi connectivity index (χ1n) is 3.75. The lowest BCUT2D eigenvalue weighted by atomic mass is 10.4. The Labute approximate surface area is 81.8 Å². The summed E-state index contributed by atoms with van der Waals surface area (Å²) in [6.45, 7) is 6.19. The third-order valence-electron chi connectivity index (χ3n) is 1.32. The van der Waals surface area contributed by atoms with Gasteiger partial charge in [0.05, 0.1) is 0 Å². The van der Waals surface area contributed by atoms with Crippen molar-refractivity contribution in [2.75, 3.05) is 0 Å². The second-order valence-electron chi connectivity index (χ2n) is 2.76. The van der Waals surface area contributed by atoms with Gasteiger partial charge in [0.15, 0.2) is 0 Å². The van der Waals surface area contributed by atoms with Crippen molar-refractivity contribution in [3.8, 4) is 0 Å². The van der Waals surface area contributed by atoms with Crippen LogP contribution in [0, 0.1) is 6.92 Å². The van der Waals surface area contributed by atoms with E-state index in [2.05, 4.69) is 23.8 Å². The normalized spacial score (nSPS) is 10.8. The second-order valence-corrected chi connectivity index (χ2v) is 4.68. The summed E-state index contributed by atoms with van der Waals surface area (Å²) in [7, 11) is 0. The Morgan fingerprint density at radius 1 is 1.42 bits per heavy atom. The van der Waals surface area contributed by atoms with Gasteiger partial charge in [-0.05, 0) is 6.92 Å². The van der Waals surface area contributed by atoms with Gasteiger partial charge in [-0.2, -0.15) is 0 Å². The SMILES string of the molecule is Cc1c(Cl)ncnc1SC(C)C. The Morgan fingerprint density at radius 3 is 2.67 bits per heavy atom. The van der Waals surface area contributed by atoms with Crippen LogP contribution in [0.2, 0.25) is 5.15 Å². The quantitative estimate of drug-likeness (QED) is 0.545. The molecule has 1 rings (SSSR count). The number of rotatable bonds is 2. The largest absolute Gasteiger partial charge is 0.230 e. The molecule has 0 aliphatic carbocycles. The lowest BCUT2D eigenvalue weighted by Crippen LogP contribution is -1.93. The van der Waals surface area contributed by atoms with Crippen molar-refractivity contribution >= 4 is 23.4 Å². The monoisotopic (exact) mass is 202 g/mol. The molecule has 2 nitrogen and oxygen atoms in total. The molecule has 0 aliphatic rings. The van der Waals surface area contributed by atoms with Gasteiger partial charge in [0, 0.05) is 10.8 Å². The molecule has 0 radical (unpaired) electrons. The smallest absolute Gasteiger partial charge is 0.136 e. The van der Waals surface area contributed by atoms with Gasteiger partial charge in [0.2, 0.25) is 0 Å². The number of hydrogen-bond acceptors (Lipinski definition) is 3. The number of thioether (sulfide) groups is 1. The van der Waals surface area contributed by atoms with Gasteiger partial charge in [-0.3, -0.25) is 0 Å². The molecule has 0 unspecified atom stereocenters. The van der Waals surface area contributed by atoms with Crippen molar-refractivity contribution in [2.45, 2.75) is 31.0 Å². The summed E-state index contributed by atoms with van der Waals surface area (Å²) < 4.78 is 0. The first-order valence-corrected chi connectivity index (χ1v) is 5.00. The highest BCUT2D eigenvalue weighted by atomic mass is 35.5. The van der Waals surface area contributed by atoms with E-state index in [0.717, 1.165) is 10.6 Å². The van der Waals surface area contributed by atoms with Crippen LogP contribution in [-0.4, -0.2) is 15.2 Å². The third-order valence-corrected chi connectivity index (χ3v) is 2.81. The van der Waals surface area contributed by atoms with Gasteiger partial charge in [0.1, 0.15) is 16.5 Å². The molecule has 0 aromatic carbocycles. The first kappa shape index (κ1) is 9.81. The van der Waals surface area contributed by atoms with Crippen molar-refractivity contribution < 1.29 is 0 Å². The predicted molar refractivity (Wildman–Crippen MR) is 52.8 cm³/mol. The highest BCUT2D eigenvalue weighted by molar-refractivity contribution is 7.99. The molecule has 1 heterocycles. The average molecular weight is 203 g/mol. The molecular weight excluding hydrogens is 192 g/mol. The molecule has 0 fully saturated rings. The van der Waals surface area contributed by atoms with Crippen LogP contribution in [0.15, 0.2) is 11.4 Å². The van der Waals surface area contributed by atoms with Crippen molar-refractivity contribution in [1.29, 1.82) is 0 Å². The standard InChI is InChI=1S/C8H11ClN2S/c1-5(2)12-8-6(3)7(9)10-4-11-8/h4-5H,1-3H3. The van der Waals surface area contributed by atoms with E-state index in [-0.39, 0.29) is 0 Å². The molecule has 66 valence electrons. The molecule has 0 saturated heterocycles. The lowest BCUT2D eigenvalue weighted by Gasteiger charge is -2.06. The Kier molecular flexibility index (Phi) is 3.35. The lowest BCUT2D eigenvalue weighted by molar-refractivity contribution is 0.990. The maximum absolute atomic E-state index is 5.83. The summed E-state index contributed by atoms with van der Waals surface area (Å²) in [6.07, 6.45) is 1.50. The zero-order chi connectivity index (χ0) is 9.14. The van der Waals surface area contributed by atoms with Gasteiger partial charge in [-0.1, -0.05) is 25.4 Å². The highest BCUT2D eigenvalue weighted by Gasteiger charge is 2.06. The van der Waals surface area contributed by atoms with E-state index in [1.165, 1.54) is 6.33 Å². The Morgan fingerprint density at radius 2 is 2.08 bits per heavy atom. The van der Waals surface area contributed by atoms with Gasteiger partial charge >= 0.3 is 0 Å². The van der Waals surface area contributed by atoms with Crippen molar-refractivity contribution in [3.05, 3.63) is 17.0 Å². The second kappa shape index (κ2) is 4.10. The first-order chi connectivity index (χ1) is 5.61. The minimum absolute atomic E-state index is 0.523. The molecule has 4 heteroatoms. The summed E-state index contributed by atoms with van der Waals surface area (Å²) in [5.74, 6) is 0. The molecule has 1 aromatic rings. The van der Waals surface area contributed by atoms with Crippen LogP contribution in [0.1, 0.15) is 19.4 Å². The number of hydrogen-bond donors (Lipinski definition) is 0. The molecule has 0 amide bonds. The minimum Gasteiger partial charge on any atom is -0.230 e. The van der Waals surface area contributed by atoms with E-state index >= 15 is 0 Å². The molecule has 0 atom stereocenters. The number of nitrogens with zero attached hydrogens (tertiary/aromatic N) is 2. The maximum atomic E-state index is 5.83. The molecule has 0 spiro atoms. The Balaban J connectivity index is 2.92. The summed E-state index contributed by atoms with van der Waals surface area (Å²) >= 11 is 7.54. The van der Waals surface area contributed by atoms with E-state index in [1.54, 1.807) is 11.8 Å². The third kappa shape index (κ3) is 2.35. The van der Waals surface area contributed by atoms with Crippen LogP contribution in [0.3, 0.4) is 0 Å². The van der Waals surface area contributed by atoms with E-state index in [0.29, 0.717) is 10.4 Å². The molecule has 1 aromatic heterocycles. The molecule has 0 aliphatic heterocycles. The van der Waals surface area contributed by atoms with E-state index in [1.807, 2.05) is 6.92 Å². The van der Waals surface area contributed by atoms with Gasteiger partial charge in [-0.25, -0.2) is 9.97 Å². The fraction of sp³-hybridized carbons (Fsp3) is 0.500. The fourth-order valence-electron chi connectivity index (χ4n) is 0.756. The number of aromatic nitrogens is 2. The van der Waals surface area contributed by atoms with Crippen LogP contribution < -0.4 is 0 Å². The van der Waals surface area contributed by atoms with Crippen molar-refractivity contribution in [1.82, 2.24) is 9.97 Å². The average Bonchev–Trinajstić information content (AvgIpc) is 1.98. The Hall–Kier alpha value is -0.280. The van der Waals surface area contributed by atoms with Gasteiger partial charge in [-0.15, -0.1) is 11.8 Å². The zero-order valence-electron chi connectivity index (χ0n) is 7.34. The number of halogens is 1. The topological polar surface area (TPSA) is 25.8 Å². The predicted octanol–water partition coefficient (Wildman–Crippen LogP) is 2.94.